The van der Waals surface area contributed by atoms with Gasteiger partial charge in [-0.1, -0.05) is 18.6 Å². The molecule has 1 aromatic carbocycles. The van der Waals surface area contributed by atoms with Crippen LogP contribution in [0.4, 0.5) is 5.13 Å². The lowest BCUT2D eigenvalue weighted by atomic mass is 10.2. The Labute approximate surface area is 167 Å². The summed E-state index contributed by atoms with van der Waals surface area (Å²) in [5, 5.41) is 4.24. The Morgan fingerprint density at radius 3 is 2.64 bits per heavy atom. The van der Waals surface area contributed by atoms with Gasteiger partial charge in [-0.15, -0.1) is 11.3 Å². The first-order chi connectivity index (χ1) is 13.4. The van der Waals surface area contributed by atoms with Crippen LogP contribution in [0.1, 0.15) is 47.0 Å². The van der Waals surface area contributed by atoms with Crippen molar-refractivity contribution in [1.82, 2.24) is 9.29 Å². The van der Waals surface area contributed by atoms with E-state index in [4.69, 9.17) is 4.74 Å². The van der Waals surface area contributed by atoms with Gasteiger partial charge in [0.15, 0.2) is 10.8 Å². The third-order valence-electron chi connectivity index (χ3n) is 4.27. The summed E-state index contributed by atoms with van der Waals surface area (Å²) in [6.07, 6.45) is 2.62. The topological polar surface area (TPSA) is 106 Å². The molecule has 0 atom stereocenters. The lowest BCUT2D eigenvalue weighted by Gasteiger charge is -2.26. The van der Waals surface area contributed by atoms with Gasteiger partial charge < -0.3 is 4.74 Å². The van der Waals surface area contributed by atoms with Gasteiger partial charge in [0, 0.05) is 18.5 Å². The minimum Gasteiger partial charge on any atom is -0.461 e. The fourth-order valence-corrected chi connectivity index (χ4v) is 5.30. The molecule has 3 rings (SSSR count). The molecule has 1 amide bonds. The van der Waals surface area contributed by atoms with Gasteiger partial charge in [-0.2, -0.15) is 4.31 Å². The van der Waals surface area contributed by atoms with Crippen molar-refractivity contribution in [1.29, 1.82) is 0 Å². The molecular weight excluding hydrogens is 402 g/mol. The van der Waals surface area contributed by atoms with Crippen LogP contribution in [-0.2, 0) is 14.8 Å². The largest absolute Gasteiger partial charge is 0.461 e. The number of aromatic nitrogens is 1. The van der Waals surface area contributed by atoms with E-state index < -0.39 is 21.9 Å². The Kier molecular flexibility index (Phi) is 6.42. The van der Waals surface area contributed by atoms with E-state index in [0.717, 1.165) is 30.6 Å². The number of amides is 1. The van der Waals surface area contributed by atoms with Gasteiger partial charge in [0.2, 0.25) is 10.0 Å². The summed E-state index contributed by atoms with van der Waals surface area (Å²) in [4.78, 5) is 28.4. The number of carbonyl (C=O) groups excluding carboxylic acids is 2. The van der Waals surface area contributed by atoms with Crippen molar-refractivity contribution >= 4 is 38.4 Å². The summed E-state index contributed by atoms with van der Waals surface area (Å²) >= 11 is 1.06. The highest BCUT2D eigenvalue weighted by Gasteiger charge is 2.30. The molecule has 1 fully saturated rings. The molecule has 0 unspecified atom stereocenters. The van der Waals surface area contributed by atoms with Crippen molar-refractivity contribution in [2.75, 3.05) is 25.0 Å². The molecule has 150 valence electrons. The molecule has 8 nitrogen and oxygen atoms in total. The molecule has 0 radical (unpaired) electrons. The van der Waals surface area contributed by atoms with Gasteiger partial charge >= 0.3 is 5.97 Å². The number of ether oxygens (including phenoxy) is 1. The zero-order valence-electron chi connectivity index (χ0n) is 15.4. The van der Waals surface area contributed by atoms with E-state index in [1.54, 1.807) is 19.1 Å². The van der Waals surface area contributed by atoms with Crippen molar-refractivity contribution in [2.45, 2.75) is 31.1 Å². The minimum absolute atomic E-state index is 0.0310. The van der Waals surface area contributed by atoms with E-state index >= 15 is 0 Å². The zero-order valence-corrected chi connectivity index (χ0v) is 17.0. The van der Waals surface area contributed by atoms with Gasteiger partial charge in [0.1, 0.15) is 0 Å². The molecule has 2 aromatic rings. The van der Waals surface area contributed by atoms with Crippen molar-refractivity contribution in [3.8, 4) is 0 Å². The van der Waals surface area contributed by atoms with Crippen molar-refractivity contribution in [3.63, 3.8) is 0 Å². The molecule has 2 heterocycles. The van der Waals surface area contributed by atoms with Gasteiger partial charge in [-0.25, -0.2) is 18.2 Å². The van der Waals surface area contributed by atoms with Gasteiger partial charge in [0.05, 0.1) is 17.1 Å². The lowest BCUT2D eigenvalue weighted by molar-refractivity contribution is 0.0520. The fourth-order valence-electron chi connectivity index (χ4n) is 2.92. The van der Waals surface area contributed by atoms with Crippen molar-refractivity contribution in [3.05, 3.63) is 40.9 Å². The number of piperidine rings is 1. The van der Waals surface area contributed by atoms with E-state index in [1.165, 1.54) is 21.8 Å². The Bertz CT molecular complexity index is 965. The summed E-state index contributed by atoms with van der Waals surface area (Å²) in [5.74, 6) is -1.17. The van der Waals surface area contributed by atoms with Gasteiger partial charge in [0.25, 0.3) is 5.91 Å². The summed E-state index contributed by atoms with van der Waals surface area (Å²) in [5.41, 5.74) is 0.136. The van der Waals surface area contributed by atoms with Crippen LogP contribution in [-0.4, -0.2) is 49.3 Å². The number of carbonyl (C=O) groups is 2. The molecule has 10 heteroatoms. The molecule has 1 saturated heterocycles. The molecule has 0 saturated carbocycles. The fraction of sp³-hybridized carbons (Fsp3) is 0.389. The second kappa shape index (κ2) is 8.80. The van der Waals surface area contributed by atoms with Crippen LogP contribution in [0.25, 0.3) is 0 Å². The van der Waals surface area contributed by atoms with Gasteiger partial charge in [-0.3, -0.25) is 10.1 Å². The molecule has 0 spiro atoms. The molecule has 0 aliphatic carbocycles. The van der Waals surface area contributed by atoms with Crippen LogP contribution in [0.2, 0.25) is 0 Å². The molecular formula is C18H21N3O5S2. The van der Waals surface area contributed by atoms with E-state index in [9.17, 15) is 18.0 Å². The third-order valence-corrected chi connectivity index (χ3v) is 6.99. The average molecular weight is 424 g/mol. The number of rotatable bonds is 6. The maximum Gasteiger partial charge on any atom is 0.357 e. The molecule has 1 aliphatic rings. The number of thiazole rings is 1. The molecule has 28 heavy (non-hydrogen) atoms. The number of hydrogen-bond donors (Lipinski definition) is 1. The highest BCUT2D eigenvalue weighted by atomic mass is 32.2. The van der Waals surface area contributed by atoms with Crippen LogP contribution in [0.5, 0.6) is 0 Å². The summed E-state index contributed by atoms with van der Waals surface area (Å²) in [6, 6.07) is 6.10. The molecule has 1 aromatic heterocycles. The van der Waals surface area contributed by atoms with E-state index in [0.29, 0.717) is 13.1 Å². The molecule has 0 bridgehead atoms. The first-order valence-electron chi connectivity index (χ1n) is 8.96. The number of nitrogens with one attached hydrogen (secondary N) is 1. The third kappa shape index (κ3) is 4.40. The van der Waals surface area contributed by atoms with Gasteiger partial charge in [-0.05, 0) is 31.9 Å². The number of sulfonamides is 1. The van der Waals surface area contributed by atoms with Crippen LogP contribution >= 0.6 is 11.3 Å². The first-order valence-corrected chi connectivity index (χ1v) is 11.3. The molecule has 1 N–H and O–H groups in total. The van der Waals surface area contributed by atoms with Crippen molar-refractivity contribution < 1.29 is 22.7 Å². The summed E-state index contributed by atoms with van der Waals surface area (Å²) < 4.78 is 32.3. The van der Waals surface area contributed by atoms with Crippen LogP contribution in [0.3, 0.4) is 0 Å². The van der Waals surface area contributed by atoms with E-state index in [-0.39, 0.29) is 27.9 Å². The normalized spacial score (nSPS) is 15.2. The number of benzene rings is 1. The number of esters is 1. The Balaban J connectivity index is 1.82. The maximum absolute atomic E-state index is 13.0. The monoisotopic (exact) mass is 423 g/mol. The van der Waals surface area contributed by atoms with Crippen molar-refractivity contribution in [2.24, 2.45) is 0 Å². The number of anilines is 1. The maximum atomic E-state index is 13.0. The average Bonchev–Trinajstić information content (AvgIpc) is 3.17. The second-order valence-corrected chi connectivity index (χ2v) is 8.94. The minimum atomic E-state index is -3.76. The standard InChI is InChI=1S/C18H21N3O5S2/c1-2-26-17(23)14-12-27-18(19-14)20-16(22)13-8-4-5-9-15(13)28(24,25)21-10-6-3-7-11-21/h4-5,8-9,12H,2-3,6-7,10-11H2,1H3,(H,19,20,22). The summed E-state index contributed by atoms with van der Waals surface area (Å²) in [7, 11) is -3.76. The zero-order chi connectivity index (χ0) is 20.1. The Morgan fingerprint density at radius 1 is 1.21 bits per heavy atom. The lowest BCUT2D eigenvalue weighted by Crippen LogP contribution is -2.36. The van der Waals surface area contributed by atoms with E-state index in [1.807, 2.05) is 0 Å². The number of hydrogen-bond acceptors (Lipinski definition) is 7. The second-order valence-electron chi connectivity index (χ2n) is 6.17. The predicted octanol–water partition coefficient (Wildman–Crippen LogP) is 2.75. The highest BCUT2D eigenvalue weighted by Crippen LogP contribution is 2.25. The Morgan fingerprint density at radius 2 is 1.93 bits per heavy atom. The van der Waals surface area contributed by atoms with Crippen LogP contribution in [0.15, 0.2) is 34.5 Å². The predicted molar refractivity (Wildman–Crippen MR) is 105 cm³/mol. The van der Waals surface area contributed by atoms with E-state index in [2.05, 4.69) is 10.3 Å². The smallest absolute Gasteiger partial charge is 0.357 e. The summed E-state index contributed by atoms with van der Waals surface area (Å²) in [6.45, 7) is 2.81. The quantitative estimate of drug-likeness (QED) is 0.716. The number of nitrogens with zero attached hydrogens (tertiary/aromatic N) is 2. The first kappa shape index (κ1) is 20.4. The highest BCUT2D eigenvalue weighted by molar-refractivity contribution is 7.89. The SMILES string of the molecule is CCOC(=O)c1csc(NC(=O)c2ccccc2S(=O)(=O)N2CCCCC2)n1. The Hall–Kier alpha value is -2.30. The van der Waals surface area contributed by atoms with Crippen LogP contribution in [0, 0.1) is 0 Å². The molecule has 1 aliphatic heterocycles. The van der Waals surface area contributed by atoms with Crippen LogP contribution < -0.4 is 5.32 Å².